The van der Waals surface area contributed by atoms with Gasteiger partial charge in [-0.1, -0.05) is 50.0 Å². The van der Waals surface area contributed by atoms with Crippen molar-refractivity contribution in [1.82, 2.24) is 14.7 Å². The van der Waals surface area contributed by atoms with Gasteiger partial charge in [0.05, 0.1) is 26.2 Å². The number of halogens is 2. The quantitative estimate of drug-likeness (QED) is 0.401. The minimum absolute atomic E-state index is 0.00408. The molecule has 3 aromatic rings. The number of thiophene rings is 1. The lowest BCUT2D eigenvalue weighted by atomic mass is 9.95. The fraction of sp³-hybridized carbons (Fsp3) is 0.385. The molecule has 0 aliphatic carbocycles. The summed E-state index contributed by atoms with van der Waals surface area (Å²) in [6.45, 7) is 8.73. The summed E-state index contributed by atoms with van der Waals surface area (Å²) in [7, 11) is 0. The Morgan fingerprint density at radius 2 is 1.86 bits per heavy atom. The average molecular weight is 564 g/mol. The zero-order valence-corrected chi connectivity index (χ0v) is 23.2. The highest BCUT2D eigenvalue weighted by atomic mass is 35.5. The van der Waals surface area contributed by atoms with E-state index in [0.29, 0.717) is 35.1 Å². The topological polar surface area (TPSA) is 102 Å². The van der Waals surface area contributed by atoms with Crippen LogP contribution in [0.15, 0.2) is 30.3 Å². The van der Waals surface area contributed by atoms with Crippen LogP contribution in [-0.4, -0.2) is 50.7 Å². The van der Waals surface area contributed by atoms with E-state index in [1.807, 2.05) is 38.7 Å². The van der Waals surface area contributed by atoms with Crippen LogP contribution in [0.5, 0.6) is 5.88 Å². The first-order valence-corrected chi connectivity index (χ1v) is 13.3. The number of amides is 1. The zero-order valence-electron chi connectivity index (χ0n) is 20.9. The molecule has 0 saturated carbocycles. The first kappa shape index (κ1) is 27.2. The standard InChI is InChI=1S/C26H27Cl2N3O5S/c1-14-21(15-10-11-30(12-15)25(35)26(2,3)4)29-31(23(14)36-13-16-8-9-19(27)37-16)22(32)17-6-5-7-18(20(17)28)24(33)34/h5-9,15H,10-13H2,1-4H3,(H,33,34). The summed E-state index contributed by atoms with van der Waals surface area (Å²) in [5, 5.41) is 13.9. The second kappa shape index (κ2) is 10.5. The molecular formula is C26H27Cl2N3O5S. The number of carbonyl (C=O) groups is 3. The van der Waals surface area contributed by atoms with Crippen molar-refractivity contribution in [3.8, 4) is 5.88 Å². The number of aromatic carboxylic acids is 1. The number of aromatic nitrogens is 2. The molecule has 4 rings (SSSR count). The molecule has 3 heterocycles. The number of ether oxygens (including phenoxy) is 1. The lowest BCUT2D eigenvalue weighted by Gasteiger charge is -2.25. The normalized spacial score (nSPS) is 15.7. The summed E-state index contributed by atoms with van der Waals surface area (Å²) in [6.07, 6.45) is 0.698. The summed E-state index contributed by atoms with van der Waals surface area (Å²) in [5.74, 6) is -1.63. The second-order valence-corrected chi connectivity index (χ2v) is 12.2. The van der Waals surface area contributed by atoms with Gasteiger partial charge in [-0.15, -0.1) is 11.3 Å². The van der Waals surface area contributed by atoms with E-state index in [-0.39, 0.29) is 40.5 Å². The molecule has 1 aliphatic heterocycles. The first-order valence-electron chi connectivity index (χ1n) is 11.7. The van der Waals surface area contributed by atoms with Crippen molar-refractivity contribution in [3.63, 3.8) is 0 Å². The van der Waals surface area contributed by atoms with Crippen LogP contribution in [0.25, 0.3) is 0 Å². The van der Waals surface area contributed by atoms with Crippen LogP contribution in [0.1, 0.15) is 70.0 Å². The van der Waals surface area contributed by atoms with Crippen molar-refractivity contribution >= 4 is 52.3 Å². The van der Waals surface area contributed by atoms with E-state index in [1.54, 1.807) is 6.07 Å². The molecule has 1 saturated heterocycles. The summed E-state index contributed by atoms with van der Waals surface area (Å²) >= 11 is 13.7. The van der Waals surface area contributed by atoms with Crippen molar-refractivity contribution in [2.45, 2.75) is 46.6 Å². The van der Waals surface area contributed by atoms with Crippen molar-refractivity contribution in [2.75, 3.05) is 13.1 Å². The SMILES string of the molecule is Cc1c(C2CCN(C(=O)C(C)(C)C)C2)nn(C(=O)c2cccc(C(=O)O)c2Cl)c1OCc1ccc(Cl)s1. The van der Waals surface area contributed by atoms with E-state index in [4.69, 9.17) is 27.9 Å². The van der Waals surface area contributed by atoms with Gasteiger partial charge in [0.2, 0.25) is 11.8 Å². The first-order chi connectivity index (χ1) is 17.4. The number of carboxylic acid groups (broad SMARTS) is 1. The van der Waals surface area contributed by atoms with Gasteiger partial charge in [-0.2, -0.15) is 9.78 Å². The highest BCUT2D eigenvalue weighted by Gasteiger charge is 2.36. The largest absolute Gasteiger partial charge is 0.478 e. The van der Waals surface area contributed by atoms with Crippen LogP contribution in [0.2, 0.25) is 9.36 Å². The number of likely N-dealkylation sites (tertiary alicyclic amines) is 1. The fourth-order valence-electron chi connectivity index (χ4n) is 4.38. The maximum atomic E-state index is 13.6. The lowest BCUT2D eigenvalue weighted by Crippen LogP contribution is -2.37. The van der Waals surface area contributed by atoms with Crippen LogP contribution >= 0.6 is 34.5 Å². The molecule has 1 fully saturated rings. The van der Waals surface area contributed by atoms with Gasteiger partial charge in [0.25, 0.3) is 5.91 Å². The summed E-state index contributed by atoms with van der Waals surface area (Å²) in [6, 6.07) is 7.85. The molecule has 0 radical (unpaired) electrons. The van der Waals surface area contributed by atoms with E-state index in [9.17, 15) is 19.5 Å². The number of carbonyl (C=O) groups excluding carboxylic acids is 2. The highest BCUT2D eigenvalue weighted by molar-refractivity contribution is 7.16. The minimum Gasteiger partial charge on any atom is -0.478 e. The van der Waals surface area contributed by atoms with Crippen LogP contribution in [0.4, 0.5) is 0 Å². The number of hydrogen-bond donors (Lipinski definition) is 1. The van der Waals surface area contributed by atoms with Crippen LogP contribution in [-0.2, 0) is 11.4 Å². The molecule has 11 heteroatoms. The van der Waals surface area contributed by atoms with E-state index in [1.165, 1.54) is 29.5 Å². The van der Waals surface area contributed by atoms with Gasteiger partial charge in [-0.05, 0) is 37.6 Å². The molecule has 1 N–H and O–H groups in total. The molecule has 1 amide bonds. The van der Waals surface area contributed by atoms with Crippen LogP contribution in [0, 0.1) is 12.3 Å². The molecule has 1 aliphatic rings. The number of carboxylic acids is 1. The summed E-state index contributed by atoms with van der Waals surface area (Å²) in [5.41, 5.74) is 0.649. The van der Waals surface area contributed by atoms with E-state index in [0.717, 1.165) is 9.56 Å². The molecular weight excluding hydrogens is 537 g/mol. The number of rotatable bonds is 6. The van der Waals surface area contributed by atoms with Gasteiger partial charge in [-0.3, -0.25) is 9.59 Å². The molecule has 1 unspecified atom stereocenters. The van der Waals surface area contributed by atoms with Gasteiger partial charge in [-0.25, -0.2) is 4.79 Å². The maximum absolute atomic E-state index is 13.6. The fourth-order valence-corrected chi connectivity index (χ4v) is 5.67. The molecule has 196 valence electrons. The molecule has 1 aromatic carbocycles. The van der Waals surface area contributed by atoms with Crippen molar-refractivity contribution in [3.05, 3.63) is 67.0 Å². The van der Waals surface area contributed by atoms with Gasteiger partial charge in [0.1, 0.15) is 6.61 Å². The average Bonchev–Trinajstić information content (AvgIpc) is 3.55. The monoisotopic (exact) mass is 563 g/mol. The van der Waals surface area contributed by atoms with E-state index < -0.39 is 17.3 Å². The van der Waals surface area contributed by atoms with Crippen molar-refractivity contribution in [2.24, 2.45) is 5.41 Å². The van der Waals surface area contributed by atoms with Crippen molar-refractivity contribution < 1.29 is 24.2 Å². The molecule has 37 heavy (non-hydrogen) atoms. The second-order valence-electron chi connectivity index (χ2n) is 9.99. The van der Waals surface area contributed by atoms with Gasteiger partial charge >= 0.3 is 5.97 Å². The Morgan fingerprint density at radius 1 is 1.16 bits per heavy atom. The third kappa shape index (κ3) is 5.54. The lowest BCUT2D eigenvalue weighted by molar-refractivity contribution is -0.138. The number of benzene rings is 1. The third-order valence-corrected chi connectivity index (χ3v) is 7.85. The van der Waals surface area contributed by atoms with Gasteiger partial charge in [0.15, 0.2) is 0 Å². The van der Waals surface area contributed by atoms with Gasteiger partial charge in [0, 0.05) is 34.9 Å². The molecule has 2 aromatic heterocycles. The Balaban J connectivity index is 1.72. The van der Waals surface area contributed by atoms with E-state index in [2.05, 4.69) is 5.10 Å². The third-order valence-electron chi connectivity index (χ3n) is 6.24. The molecule has 0 bridgehead atoms. The molecule has 8 nitrogen and oxygen atoms in total. The van der Waals surface area contributed by atoms with E-state index >= 15 is 0 Å². The van der Waals surface area contributed by atoms with Crippen LogP contribution < -0.4 is 4.74 Å². The Labute approximate surface area is 228 Å². The summed E-state index contributed by atoms with van der Waals surface area (Å²) < 4.78 is 7.85. The smallest absolute Gasteiger partial charge is 0.337 e. The Hall–Kier alpha value is -2.88. The number of hydrogen-bond acceptors (Lipinski definition) is 6. The Bertz CT molecular complexity index is 1370. The predicted molar refractivity (Wildman–Crippen MR) is 142 cm³/mol. The number of nitrogens with zero attached hydrogens (tertiary/aromatic N) is 3. The van der Waals surface area contributed by atoms with Gasteiger partial charge < -0.3 is 14.7 Å². The Kier molecular flexibility index (Phi) is 7.69. The van der Waals surface area contributed by atoms with Crippen LogP contribution in [0.3, 0.4) is 0 Å². The minimum atomic E-state index is -1.24. The zero-order chi connectivity index (χ0) is 27.1. The molecule has 1 atom stereocenters. The maximum Gasteiger partial charge on any atom is 0.337 e. The van der Waals surface area contributed by atoms with Crippen molar-refractivity contribution in [1.29, 1.82) is 0 Å². The predicted octanol–water partition coefficient (Wildman–Crippen LogP) is 5.89. The highest BCUT2D eigenvalue weighted by Crippen LogP contribution is 2.36. The molecule has 0 spiro atoms. The Morgan fingerprint density at radius 3 is 2.49 bits per heavy atom. The summed E-state index contributed by atoms with van der Waals surface area (Å²) in [4.78, 5) is 40.7.